The van der Waals surface area contributed by atoms with Crippen LogP contribution in [0.15, 0.2) is 52.2 Å². The van der Waals surface area contributed by atoms with Crippen LogP contribution in [0.1, 0.15) is 43.5 Å². The molecule has 2 aliphatic heterocycles. The lowest BCUT2D eigenvalue weighted by atomic mass is 9.94. The van der Waals surface area contributed by atoms with Crippen molar-refractivity contribution in [1.29, 1.82) is 0 Å². The Morgan fingerprint density at radius 2 is 1.73 bits per heavy atom. The van der Waals surface area contributed by atoms with Crippen LogP contribution in [0.25, 0.3) is 0 Å². The Kier molecular flexibility index (Phi) is 6.90. The van der Waals surface area contributed by atoms with Crippen molar-refractivity contribution >= 4 is 27.5 Å². The highest BCUT2D eigenvalue weighted by Gasteiger charge is 2.32. The highest BCUT2D eigenvalue weighted by molar-refractivity contribution is 7.89. The molecule has 4 rings (SSSR count). The molecule has 1 aromatic heterocycles. The zero-order valence-electron chi connectivity index (χ0n) is 19.1. The summed E-state index contributed by atoms with van der Waals surface area (Å²) >= 11 is 0. The molecule has 1 aromatic carbocycles. The molecule has 9 heteroatoms. The van der Waals surface area contributed by atoms with Crippen LogP contribution in [-0.2, 0) is 14.8 Å². The zero-order chi connectivity index (χ0) is 23.6. The number of carbonyl (C=O) groups excluding carboxylic acids is 2. The standard InChI is InChI=1S/C24H31N3O5S/c1-17-12-18(2)14-27(13-17)33(30,31)22-7-5-21(6-8-22)25-23(28)19-4-3-10-26(15-19)24(29)20-9-11-32-16-20/h5-9,11,16-19H,3-4,10,12-15H2,1-2H3,(H,25,28). The second kappa shape index (κ2) is 9.69. The van der Waals surface area contributed by atoms with Gasteiger partial charge in [-0.25, -0.2) is 8.42 Å². The minimum atomic E-state index is -3.56. The Morgan fingerprint density at radius 1 is 1.03 bits per heavy atom. The summed E-state index contributed by atoms with van der Waals surface area (Å²) in [5.41, 5.74) is 1.02. The summed E-state index contributed by atoms with van der Waals surface area (Å²) < 4.78 is 32.7. The molecule has 3 unspecified atom stereocenters. The fourth-order valence-electron chi connectivity index (χ4n) is 4.85. The number of furan rings is 1. The van der Waals surface area contributed by atoms with Gasteiger partial charge in [0.05, 0.1) is 22.6 Å². The lowest BCUT2D eigenvalue weighted by molar-refractivity contribution is -0.121. The summed E-state index contributed by atoms with van der Waals surface area (Å²) in [6, 6.07) is 7.96. The van der Waals surface area contributed by atoms with E-state index in [4.69, 9.17) is 4.42 Å². The maximum atomic E-state index is 13.1. The van der Waals surface area contributed by atoms with Crippen molar-refractivity contribution in [3.8, 4) is 0 Å². The molecule has 2 fully saturated rings. The van der Waals surface area contributed by atoms with E-state index in [1.807, 2.05) is 0 Å². The van der Waals surface area contributed by atoms with Crippen LogP contribution >= 0.6 is 0 Å². The van der Waals surface area contributed by atoms with Gasteiger partial charge in [-0.3, -0.25) is 9.59 Å². The topological polar surface area (TPSA) is 99.9 Å². The van der Waals surface area contributed by atoms with Crippen molar-refractivity contribution < 1.29 is 22.4 Å². The normalized spacial score (nSPS) is 24.4. The molecule has 0 saturated carbocycles. The van der Waals surface area contributed by atoms with E-state index in [-0.39, 0.29) is 22.6 Å². The first kappa shape index (κ1) is 23.5. The monoisotopic (exact) mass is 473 g/mol. The fraction of sp³-hybridized carbons (Fsp3) is 0.500. The Bertz CT molecular complexity index is 1070. The number of likely N-dealkylation sites (tertiary alicyclic amines) is 1. The molecule has 33 heavy (non-hydrogen) atoms. The molecule has 2 aliphatic rings. The minimum absolute atomic E-state index is 0.142. The van der Waals surface area contributed by atoms with E-state index in [2.05, 4.69) is 19.2 Å². The third kappa shape index (κ3) is 5.30. The van der Waals surface area contributed by atoms with Gasteiger partial charge in [0.2, 0.25) is 15.9 Å². The van der Waals surface area contributed by atoms with Crippen LogP contribution < -0.4 is 5.32 Å². The third-order valence-electron chi connectivity index (χ3n) is 6.44. The lowest BCUT2D eigenvalue weighted by Crippen LogP contribution is -2.43. The van der Waals surface area contributed by atoms with Crippen LogP contribution in [0.5, 0.6) is 0 Å². The molecule has 3 heterocycles. The summed E-state index contributed by atoms with van der Waals surface area (Å²) in [7, 11) is -3.56. The molecule has 2 aromatic rings. The van der Waals surface area contributed by atoms with E-state index in [0.29, 0.717) is 55.7 Å². The predicted octanol–water partition coefficient (Wildman–Crippen LogP) is 3.44. The van der Waals surface area contributed by atoms with Gasteiger partial charge in [-0.15, -0.1) is 0 Å². The van der Waals surface area contributed by atoms with Crippen LogP contribution in [0.3, 0.4) is 0 Å². The number of hydrogen-bond donors (Lipinski definition) is 1. The number of rotatable bonds is 5. The van der Waals surface area contributed by atoms with Crippen molar-refractivity contribution in [2.75, 3.05) is 31.5 Å². The molecule has 0 radical (unpaired) electrons. The molecule has 3 atom stereocenters. The second-order valence-electron chi connectivity index (χ2n) is 9.38. The SMILES string of the molecule is CC1CC(C)CN(S(=O)(=O)c2ccc(NC(=O)C3CCCN(C(=O)c4ccoc4)C3)cc2)C1. The average Bonchev–Trinajstić information content (AvgIpc) is 3.33. The molecule has 0 aliphatic carbocycles. The third-order valence-corrected chi connectivity index (χ3v) is 8.29. The summed E-state index contributed by atoms with van der Waals surface area (Å²) in [6.07, 6.45) is 5.33. The molecule has 178 valence electrons. The quantitative estimate of drug-likeness (QED) is 0.717. The van der Waals surface area contributed by atoms with Gasteiger partial charge in [0.25, 0.3) is 5.91 Å². The molecule has 8 nitrogen and oxygen atoms in total. The molecule has 0 bridgehead atoms. The van der Waals surface area contributed by atoms with Crippen molar-refractivity contribution in [1.82, 2.24) is 9.21 Å². The number of piperidine rings is 2. The number of nitrogens with zero attached hydrogens (tertiary/aromatic N) is 2. The number of nitrogens with one attached hydrogen (secondary N) is 1. The maximum Gasteiger partial charge on any atom is 0.257 e. The highest BCUT2D eigenvalue weighted by Crippen LogP contribution is 2.27. The summed E-state index contributed by atoms with van der Waals surface area (Å²) in [5, 5.41) is 2.87. The van der Waals surface area contributed by atoms with Crippen molar-refractivity contribution in [2.45, 2.75) is 38.0 Å². The number of sulfonamides is 1. The van der Waals surface area contributed by atoms with Gasteiger partial charge in [-0.05, 0) is 61.4 Å². The van der Waals surface area contributed by atoms with Crippen LogP contribution in [0, 0.1) is 17.8 Å². The average molecular weight is 474 g/mol. The van der Waals surface area contributed by atoms with Crippen molar-refractivity contribution in [3.63, 3.8) is 0 Å². The summed E-state index contributed by atoms with van der Waals surface area (Å²) in [6.45, 7) is 6.15. The van der Waals surface area contributed by atoms with Gasteiger partial charge < -0.3 is 14.6 Å². The smallest absolute Gasteiger partial charge is 0.257 e. The van der Waals surface area contributed by atoms with E-state index >= 15 is 0 Å². The lowest BCUT2D eigenvalue weighted by Gasteiger charge is -2.34. The largest absolute Gasteiger partial charge is 0.472 e. The second-order valence-corrected chi connectivity index (χ2v) is 11.3. The van der Waals surface area contributed by atoms with Gasteiger partial charge in [0.1, 0.15) is 6.26 Å². The van der Waals surface area contributed by atoms with Crippen LogP contribution in [0.2, 0.25) is 0 Å². The predicted molar refractivity (Wildman–Crippen MR) is 124 cm³/mol. The van der Waals surface area contributed by atoms with Gasteiger partial charge in [-0.2, -0.15) is 4.31 Å². The Labute approximate surface area is 195 Å². The fourth-order valence-corrected chi connectivity index (χ4v) is 6.53. The number of benzene rings is 1. The number of hydrogen-bond acceptors (Lipinski definition) is 5. The summed E-state index contributed by atoms with van der Waals surface area (Å²) in [4.78, 5) is 27.3. The van der Waals surface area contributed by atoms with Crippen LogP contribution in [0.4, 0.5) is 5.69 Å². The number of carbonyl (C=O) groups is 2. The first-order valence-electron chi connectivity index (χ1n) is 11.5. The number of anilines is 1. The molecular weight excluding hydrogens is 442 g/mol. The van der Waals surface area contributed by atoms with Crippen molar-refractivity contribution in [3.05, 3.63) is 48.4 Å². The highest BCUT2D eigenvalue weighted by atomic mass is 32.2. The van der Waals surface area contributed by atoms with Crippen molar-refractivity contribution in [2.24, 2.45) is 17.8 Å². The van der Waals surface area contributed by atoms with E-state index in [1.54, 1.807) is 39.5 Å². The molecule has 2 saturated heterocycles. The molecule has 2 amide bonds. The Morgan fingerprint density at radius 3 is 2.36 bits per heavy atom. The van der Waals surface area contributed by atoms with E-state index in [9.17, 15) is 18.0 Å². The van der Waals surface area contributed by atoms with E-state index in [0.717, 1.165) is 12.8 Å². The van der Waals surface area contributed by atoms with Crippen LogP contribution in [-0.4, -0.2) is 55.6 Å². The van der Waals surface area contributed by atoms with E-state index in [1.165, 1.54) is 12.5 Å². The van der Waals surface area contributed by atoms with E-state index < -0.39 is 10.0 Å². The van der Waals surface area contributed by atoms with Gasteiger partial charge in [0.15, 0.2) is 0 Å². The maximum absolute atomic E-state index is 13.1. The van der Waals surface area contributed by atoms with Gasteiger partial charge in [-0.1, -0.05) is 13.8 Å². The first-order valence-corrected chi connectivity index (χ1v) is 12.9. The zero-order valence-corrected chi connectivity index (χ0v) is 19.9. The Balaban J connectivity index is 1.38. The first-order chi connectivity index (χ1) is 15.7. The minimum Gasteiger partial charge on any atom is -0.472 e. The molecule has 1 N–H and O–H groups in total. The molecule has 0 spiro atoms. The summed E-state index contributed by atoms with van der Waals surface area (Å²) in [5.74, 6) is 0.0237. The molecular formula is C24H31N3O5S. The van der Waals surface area contributed by atoms with Gasteiger partial charge >= 0.3 is 0 Å². The van der Waals surface area contributed by atoms with Gasteiger partial charge in [0, 0.05) is 31.9 Å². The number of amides is 2. The Hall–Kier alpha value is -2.65.